The second-order valence-corrected chi connectivity index (χ2v) is 12.3. The summed E-state index contributed by atoms with van der Waals surface area (Å²) in [6, 6.07) is 64.3. The van der Waals surface area contributed by atoms with Crippen LogP contribution in [0.15, 0.2) is 188 Å². The molecule has 0 atom stereocenters. The van der Waals surface area contributed by atoms with Gasteiger partial charge in [-0.25, -0.2) is 9.97 Å². The molecule has 7 aromatic carbocycles. The fraction of sp³-hybridized carbons (Fsp3) is 0. The van der Waals surface area contributed by atoms with Gasteiger partial charge in [0.2, 0.25) is 5.95 Å². The SMILES string of the molecule is c1ccc(-c2cccc(-c3ccnc(-n4c5ccc(-c6ccccc6)cc5c5cc(-c6ccccc6)cc(-c6ccccc6)c54)n3)c2)cc1. The van der Waals surface area contributed by atoms with Crippen LogP contribution in [0.2, 0.25) is 0 Å². The van der Waals surface area contributed by atoms with E-state index in [4.69, 9.17) is 9.97 Å². The highest BCUT2D eigenvalue weighted by atomic mass is 15.2. The van der Waals surface area contributed by atoms with Crippen LogP contribution in [0, 0.1) is 0 Å². The van der Waals surface area contributed by atoms with Gasteiger partial charge in [-0.2, -0.15) is 0 Å². The average Bonchev–Trinajstić information content (AvgIpc) is 3.53. The van der Waals surface area contributed by atoms with Crippen molar-refractivity contribution < 1.29 is 0 Å². The third-order valence-corrected chi connectivity index (χ3v) is 9.27. The molecule has 0 aliphatic carbocycles. The molecule has 0 saturated heterocycles. The van der Waals surface area contributed by atoms with E-state index in [2.05, 4.69) is 174 Å². The summed E-state index contributed by atoms with van der Waals surface area (Å²) < 4.78 is 2.25. The molecule has 9 rings (SSSR count). The molecule has 49 heavy (non-hydrogen) atoms. The summed E-state index contributed by atoms with van der Waals surface area (Å²) in [5.74, 6) is 0.639. The molecule has 0 aliphatic rings. The first kappa shape index (κ1) is 28.6. The second-order valence-electron chi connectivity index (χ2n) is 12.3. The Morgan fingerprint density at radius 1 is 0.367 bits per heavy atom. The van der Waals surface area contributed by atoms with Crippen molar-refractivity contribution in [1.82, 2.24) is 14.5 Å². The van der Waals surface area contributed by atoms with Crippen molar-refractivity contribution in [2.45, 2.75) is 0 Å². The van der Waals surface area contributed by atoms with Crippen LogP contribution in [0.5, 0.6) is 0 Å². The molecule has 230 valence electrons. The summed E-state index contributed by atoms with van der Waals surface area (Å²) in [6.07, 6.45) is 1.88. The van der Waals surface area contributed by atoms with Gasteiger partial charge in [0.25, 0.3) is 0 Å². The highest BCUT2D eigenvalue weighted by Crippen LogP contribution is 2.42. The van der Waals surface area contributed by atoms with E-state index >= 15 is 0 Å². The lowest BCUT2D eigenvalue weighted by Gasteiger charge is -2.13. The zero-order valence-electron chi connectivity index (χ0n) is 26.7. The standard InChI is InChI=1S/C46H31N3/c1-5-14-32(15-6-1)36-22-13-23-38(28-36)43-26-27-47-46(48-43)49-44-25-24-37(33-16-7-2-8-17-33)29-41(44)42-31-39(34-18-9-3-10-19-34)30-40(45(42)49)35-20-11-4-12-21-35/h1-31H. The molecule has 0 aliphatic heterocycles. The maximum atomic E-state index is 5.27. The van der Waals surface area contributed by atoms with Crippen LogP contribution < -0.4 is 0 Å². The summed E-state index contributed by atoms with van der Waals surface area (Å²) in [7, 11) is 0. The first-order chi connectivity index (χ1) is 24.3. The van der Waals surface area contributed by atoms with Gasteiger partial charge in [0, 0.05) is 28.1 Å². The molecule has 2 aromatic heterocycles. The van der Waals surface area contributed by atoms with Crippen molar-refractivity contribution in [3.63, 3.8) is 0 Å². The molecule has 3 nitrogen and oxygen atoms in total. The van der Waals surface area contributed by atoms with Gasteiger partial charge in [0.15, 0.2) is 0 Å². The first-order valence-electron chi connectivity index (χ1n) is 16.6. The van der Waals surface area contributed by atoms with E-state index in [9.17, 15) is 0 Å². The summed E-state index contributed by atoms with van der Waals surface area (Å²) in [5.41, 5.74) is 13.4. The fourth-order valence-corrected chi connectivity index (χ4v) is 6.91. The Labute approximate surface area is 285 Å². The molecule has 9 aromatic rings. The number of fused-ring (bicyclic) bond motifs is 3. The molecule has 0 spiro atoms. The molecule has 0 fully saturated rings. The Balaban J connectivity index is 1.33. The van der Waals surface area contributed by atoms with Crippen molar-refractivity contribution in [1.29, 1.82) is 0 Å². The van der Waals surface area contributed by atoms with Crippen LogP contribution in [0.1, 0.15) is 0 Å². The first-order valence-corrected chi connectivity index (χ1v) is 16.6. The molecule has 0 N–H and O–H groups in total. The van der Waals surface area contributed by atoms with Crippen LogP contribution in [-0.4, -0.2) is 14.5 Å². The van der Waals surface area contributed by atoms with Crippen molar-refractivity contribution in [3.05, 3.63) is 188 Å². The molecule has 2 heterocycles. The molecule has 0 radical (unpaired) electrons. The van der Waals surface area contributed by atoms with Gasteiger partial charge in [0.1, 0.15) is 0 Å². The molecular formula is C46H31N3. The molecule has 0 unspecified atom stereocenters. The minimum atomic E-state index is 0.639. The number of rotatable bonds is 6. The van der Waals surface area contributed by atoms with E-state index in [0.29, 0.717) is 5.95 Å². The third kappa shape index (κ3) is 5.28. The number of hydrogen-bond donors (Lipinski definition) is 0. The Hall–Kier alpha value is -6.58. The Morgan fingerprint density at radius 3 is 1.55 bits per heavy atom. The highest BCUT2D eigenvalue weighted by molar-refractivity contribution is 6.16. The Morgan fingerprint density at radius 2 is 0.898 bits per heavy atom. The van der Waals surface area contributed by atoms with Gasteiger partial charge in [-0.3, -0.25) is 4.57 Å². The summed E-state index contributed by atoms with van der Waals surface area (Å²) in [6.45, 7) is 0. The second kappa shape index (κ2) is 12.2. The van der Waals surface area contributed by atoms with Crippen molar-refractivity contribution in [2.24, 2.45) is 0 Å². The maximum Gasteiger partial charge on any atom is 0.235 e. The smallest absolute Gasteiger partial charge is 0.235 e. The number of nitrogens with zero attached hydrogens (tertiary/aromatic N) is 3. The largest absolute Gasteiger partial charge is 0.277 e. The fourth-order valence-electron chi connectivity index (χ4n) is 6.91. The van der Waals surface area contributed by atoms with Crippen LogP contribution in [0.25, 0.3) is 83.5 Å². The number of aromatic nitrogens is 3. The van der Waals surface area contributed by atoms with Crippen LogP contribution in [0.3, 0.4) is 0 Å². The lowest BCUT2D eigenvalue weighted by Crippen LogP contribution is -2.03. The Bertz CT molecular complexity index is 2570. The van der Waals surface area contributed by atoms with Crippen molar-refractivity contribution >= 4 is 21.8 Å². The van der Waals surface area contributed by atoms with Gasteiger partial charge >= 0.3 is 0 Å². The quantitative estimate of drug-likeness (QED) is 0.184. The predicted octanol–water partition coefficient (Wildman–Crippen LogP) is 11.9. The van der Waals surface area contributed by atoms with Crippen LogP contribution in [-0.2, 0) is 0 Å². The third-order valence-electron chi connectivity index (χ3n) is 9.27. The van der Waals surface area contributed by atoms with Crippen LogP contribution in [0.4, 0.5) is 0 Å². The number of benzene rings is 7. The molecule has 3 heteroatoms. The predicted molar refractivity (Wildman–Crippen MR) is 204 cm³/mol. The van der Waals surface area contributed by atoms with Gasteiger partial charge < -0.3 is 0 Å². The monoisotopic (exact) mass is 625 g/mol. The zero-order chi connectivity index (χ0) is 32.6. The maximum absolute atomic E-state index is 5.27. The van der Waals surface area contributed by atoms with E-state index in [1.54, 1.807) is 0 Å². The Kier molecular flexibility index (Phi) is 7.14. The van der Waals surface area contributed by atoms with Gasteiger partial charge in [-0.15, -0.1) is 0 Å². The van der Waals surface area contributed by atoms with Crippen molar-refractivity contribution in [2.75, 3.05) is 0 Å². The van der Waals surface area contributed by atoms with Crippen molar-refractivity contribution in [3.8, 4) is 61.7 Å². The normalized spacial score (nSPS) is 11.3. The van der Waals surface area contributed by atoms with E-state index in [0.717, 1.165) is 49.8 Å². The summed E-state index contributed by atoms with van der Waals surface area (Å²) in [5, 5.41) is 2.32. The molecular weight excluding hydrogens is 595 g/mol. The highest BCUT2D eigenvalue weighted by Gasteiger charge is 2.21. The summed E-state index contributed by atoms with van der Waals surface area (Å²) in [4.78, 5) is 10.2. The van der Waals surface area contributed by atoms with Gasteiger partial charge in [0.05, 0.1) is 16.7 Å². The van der Waals surface area contributed by atoms with E-state index < -0.39 is 0 Å². The minimum Gasteiger partial charge on any atom is -0.277 e. The lowest BCUT2D eigenvalue weighted by atomic mass is 9.95. The molecule has 0 saturated carbocycles. The topological polar surface area (TPSA) is 30.7 Å². The lowest BCUT2D eigenvalue weighted by molar-refractivity contribution is 0.992. The average molecular weight is 626 g/mol. The molecule has 0 bridgehead atoms. The van der Waals surface area contributed by atoms with Gasteiger partial charge in [-0.05, 0) is 75.3 Å². The summed E-state index contributed by atoms with van der Waals surface area (Å²) >= 11 is 0. The van der Waals surface area contributed by atoms with Crippen LogP contribution >= 0.6 is 0 Å². The van der Waals surface area contributed by atoms with Gasteiger partial charge in [-0.1, -0.05) is 146 Å². The zero-order valence-corrected chi connectivity index (χ0v) is 26.7. The minimum absolute atomic E-state index is 0.639. The van der Waals surface area contributed by atoms with E-state index in [1.807, 2.05) is 18.3 Å². The van der Waals surface area contributed by atoms with E-state index in [1.165, 1.54) is 27.8 Å². The van der Waals surface area contributed by atoms with E-state index in [-0.39, 0.29) is 0 Å². The number of hydrogen-bond acceptors (Lipinski definition) is 2. The molecule has 0 amide bonds.